The molecule has 0 amide bonds. The summed E-state index contributed by atoms with van der Waals surface area (Å²) in [7, 11) is 0. The summed E-state index contributed by atoms with van der Waals surface area (Å²) in [6.07, 6.45) is 4.05. The van der Waals surface area contributed by atoms with Gasteiger partial charge in [0, 0.05) is 10.8 Å². The van der Waals surface area contributed by atoms with E-state index in [2.05, 4.69) is 187 Å². The van der Waals surface area contributed by atoms with Gasteiger partial charge in [0.15, 0.2) is 0 Å². The van der Waals surface area contributed by atoms with Gasteiger partial charge in [-0.25, -0.2) is 0 Å². The van der Waals surface area contributed by atoms with E-state index in [1.807, 2.05) is 0 Å². The fourth-order valence-corrected chi connectivity index (χ4v) is 6.76. The summed E-state index contributed by atoms with van der Waals surface area (Å²) < 4.78 is 0. The van der Waals surface area contributed by atoms with E-state index in [1.54, 1.807) is 0 Å². The van der Waals surface area contributed by atoms with Crippen molar-refractivity contribution in [2.24, 2.45) is 0 Å². The first-order valence-corrected chi connectivity index (χ1v) is 17.5. The Morgan fingerprint density at radius 3 is 0.833 bits per heavy atom. The van der Waals surface area contributed by atoms with Crippen LogP contribution in [0.1, 0.15) is 94.5 Å². The fourth-order valence-electron chi connectivity index (χ4n) is 6.76. The molecule has 0 saturated heterocycles. The van der Waals surface area contributed by atoms with Gasteiger partial charge in [0.2, 0.25) is 0 Å². The van der Waals surface area contributed by atoms with E-state index in [1.165, 1.54) is 66.8 Å². The minimum absolute atomic E-state index is 0.0347. The van der Waals surface area contributed by atoms with Crippen LogP contribution in [0.5, 0.6) is 0 Å². The first kappa shape index (κ1) is 33.2. The molecule has 0 aliphatic carbocycles. The Morgan fingerprint density at radius 1 is 0.292 bits per heavy atom. The van der Waals surface area contributed by atoms with Crippen LogP contribution < -0.4 is 0 Å². The van der Waals surface area contributed by atoms with Crippen molar-refractivity contribution in [2.75, 3.05) is 0 Å². The lowest BCUT2D eigenvalue weighted by atomic mass is 9.74. The maximum absolute atomic E-state index is 2.34. The SMILES string of the molecule is Cc1ccc(Cc2ccc(Cc3ccc(CCc4ccc(C(C)(C)c5ccc(C(C)(C)c6ccc(C)cc6)cc5)cc4)cc3)cc2)cc1. The Labute approximate surface area is 289 Å². The van der Waals surface area contributed by atoms with E-state index < -0.39 is 0 Å². The van der Waals surface area contributed by atoms with Crippen LogP contribution in [-0.2, 0) is 36.5 Å². The van der Waals surface area contributed by atoms with Gasteiger partial charge in [0.05, 0.1) is 0 Å². The largest absolute Gasteiger partial charge is 0.0590 e. The molecule has 6 aromatic carbocycles. The topological polar surface area (TPSA) is 0 Å². The molecule has 242 valence electrons. The van der Waals surface area contributed by atoms with Gasteiger partial charge in [0.1, 0.15) is 0 Å². The van der Waals surface area contributed by atoms with E-state index in [0.717, 1.165) is 25.7 Å². The van der Waals surface area contributed by atoms with Crippen LogP contribution in [0.3, 0.4) is 0 Å². The van der Waals surface area contributed by atoms with Crippen molar-refractivity contribution >= 4 is 0 Å². The van der Waals surface area contributed by atoms with Crippen molar-refractivity contribution in [1.82, 2.24) is 0 Å². The third kappa shape index (κ3) is 7.88. The van der Waals surface area contributed by atoms with Crippen molar-refractivity contribution in [3.8, 4) is 0 Å². The highest BCUT2D eigenvalue weighted by atomic mass is 14.3. The zero-order valence-corrected chi connectivity index (χ0v) is 29.7. The zero-order valence-electron chi connectivity index (χ0n) is 29.7. The molecule has 0 saturated carbocycles. The predicted molar refractivity (Wildman–Crippen MR) is 205 cm³/mol. The molecule has 0 radical (unpaired) electrons. The monoisotopic (exact) mass is 626 g/mol. The van der Waals surface area contributed by atoms with Crippen LogP contribution in [0.2, 0.25) is 0 Å². The normalized spacial score (nSPS) is 11.9. The van der Waals surface area contributed by atoms with Crippen molar-refractivity contribution in [2.45, 2.75) is 78.1 Å². The van der Waals surface area contributed by atoms with Crippen LogP contribution in [0, 0.1) is 13.8 Å². The smallest absolute Gasteiger partial charge is 0.0146 e. The van der Waals surface area contributed by atoms with Crippen molar-refractivity contribution in [3.63, 3.8) is 0 Å². The second-order valence-electron chi connectivity index (χ2n) is 14.9. The summed E-state index contributed by atoms with van der Waals surface area (Å²) in [5.74, 6) is 0. The minimum atomic E-state index is -0.0672. The summed E-state index contributed by atoms with van der Waals surface area (Å²) in [6, 6.07) is 54.7. The molecule has 6 aromatic rings. The first-order valence-electron chi connectivity index (χ1n) is 17.5. The van der Waals surface area contributed by atoms with Crippen LogP contribution in [-0.4, -0.2) is 0 Å². The van der Waals surface area contributed by atoms with Crippen LogP contribution in [0.25, 0.3) is 0 Å². The molecule has 0 aliphatic rings. The Balaban J connectivity index is 1.02. The Morgan fingerprint density at radius 2 is 0.500 bits per heavy atom. The molecule has 0 aliphatic heterocycles. The quantitative estimate of drug-likeness (QED) is 0.134. The lowest BCUT2D eigenvalue weighted by molar-refractivity contribution is 0.626. The first-order chi connectivity index (χ1) is 23.1. The van der Waals surface area contributed by atoms with Gasteiger partial charge in [-0.05, 0) is 95.2 Å². The maximum Gasteiger partial charge on any atom is 0.0146 e. The Hall–Kier alpha value is -4.68. The molecular weight excluding hydrogens is 577 g/mol. The lowest BCUT2D eigenvalue weighted by Gasteiger charge is -2.29. The molecule has 0 N–H and O–H groups in total. The molecule has 0 unspecified atom stereocenters. The molecular formula is C48H50. The maximum atomic E-state index is 2.34. The molecule has 0 atom stereocenters. The summed E-state index contributed by atoms with van der Waals surface area (Å²) >= 11 is 0. The van der Waals surface area contributed by atoms with Gasteiger partial charge >= 0.3 is 0 Å². The number of rotatable bonds is 11. The van der Waals surface area contributed by atoms with Gasteiger partial charge in [-0.2, -0.15) is 0 Å². The Kier molecular flexibility index (Phi) is 9.83. The highest BCUT2D eigenvalue weighted by Crippen LogP contribution is 2.36. The number of aryl methyl sites for hydroxylation is 4. The average molecular weight is 627 g/mol. The minimum Gasteiger partial charge on any atom is -0.0590 e. The summed E-state index contributed by atoms with van der Waals surface area (Å²) in [6.45, 7) is 13.6. The van der Waals surface area contributed by atoms with Gasteiger partial charge in [-0.15, -0.1) is 0 Å². The van der Waals surface area contributed by atoms with Crippen LogP contribution >= 0.6 is 0 Å². The van der Waals surface area contributed by atoms with Gasteiger partial charge < -0.3 is 0 Å². The molecule has 0 fully saturated rings. The summed E-state index contributed by atoms with van der Waals surface area (Å²) in [5.41, 5.74) is 16.1. The molecule has 6 rings (SSSR count). The molecule has 0 heteroatoms. The number of benzene rings is 6. The second-order valence-corrected chi connectivity index (χ2v) is 14.9. The van der Waals surface area contributed by atoms with E-state index in [4.69, 9.17) is 0 Å². The fraction of sp³-hybridized carbons (Fsp3) is 0.250. The predicted octanol–water partition coefficient (Wildman–Crippen LogP) is 11.9. The molecule has 0 bridgehead atoms. The average Bonchev–Trinajstić information content (AvgIpc) is 3.10. The van der Waals surface area contributed by atoms with Gasteiger partial charge in [0.25, 0.3) is 0 Å². The van der Waals surface area contributed by atoms with E-state index in [0.29, 0.717) is 0 Å². The molecule has 0 aromatic heterocycles. The van der Waals surface area contributed by atoms with E-state index in [9.17, 15) is 0 Å². The van der Waals surface area contributed by atoms with Crippen molar-refractivity contribution in [3.05, 3.63) is 212 Å². The molecule has 48 heavy (non-hydrogen) atoms. The molecule has 0 nitrogen and oxygen atoms in total. The third-order valence-corrected chi connectivity index (χ3v) is 10.5. The number of hydrogen-bond acceptors (Lipinski definition) is 0. The zero-order chi connectivity index (χ0) is 33.7. The highest BCUT2D eigenvalue weighted by Gasteiger charge is 2.26. The van der Waals surface area contributed by atoms with E-state index in [-0.39, 0.29) is 10.8 Å². The molecule has 0 spiro atoms. The lowest BCUT2D eigenvalue weighted by Crippen LogP contribution is -2.21. The number of hydrogen-bond donors (Lipinski definition) is 0. The molecule has 0 heterocycles. The van der Waals surface area contributed by atoms with Crippen molar-refractivity contribution < 1.29 is 0 Å². The van der Waals surface area contributed by atoms with Crippen molar-refractivity contribution in [1.29, 1.82) is 0 Å². The summed E-state index contributed by atoms with van der Waals surface area (Å²) in [5, 5.41) is 0. The van der Waals surface area contributed by atoms with Gasteiger partial charge in [-0.3, -0.25) is 0 Å². The van der Waals surface area contributed by atoms with Crippen LogP contribution in [0.15, 0.2) is 146 Å². The standard InChI is InChI=1S/C48H50/c1-35-7-11-39(12-8-35)33-41-19-21-42(22-20-41)34-40-17-15-37(16-18-40)13-14-38-23-27-44(28-24-38)48(5,6)46-31-29-45(30-32-46)47(3,4)43-25-9-36(2)10-26-43/h7-12,15-32H,13-14,33-34H2,1-6H3. The highest BCUT2D eigenvalue weighted by molar-refractivity contribution is 5.44. The Bertz CT molecular complexity index is 1900. The third-order valence-electron chi connectivity index (χ3n) is 10.5. The van der Waals surface area contributed by atoms with Crippen LogP contribution in [0.4, 0.5) is 0 Å². The summed E-state index contributed by atoms with van der Waals surface area (Å²) in [4.78, 5) is 0. The van der Waals surface area contributed by atoms with Gasteiger partial charge in [-0.1, -0.05) is 184 Å². The second kappa shape index (κ2) is 14.2. The van der Waals surface area contributed by atoms with E-state index >= 15 is 0 Å².